The molecule has 0 aliphatic rings. The molecule has 0 aromatic heterocycles. The number of likely N-dealkylation sites (N-methyl/N-ethyl adjacent to an activating group) is 1. The molecule has 7 heteroatoms. The number of hydrogen-bond acceptors (Lipinski definition) is 5. The Balaban J connectivity index is 3.04. The molecular formula is C11H15N3O4. The highest BCUT2D eigenvalue weighted by Gasteiger charge is 2.18. The first-order valence-electron chi connectivity index (χ1n) is 5.25. The summed E-state index contributed by atoms with van der Waals surface area (Å²) < 4.78 is 0. The zero-order chi connectivity index (χ0) is 13.9. The molecule has 0 bridgehead atoms. The van der Waals surface area contributed by atoms with Crippen molar-refractivity contribution in [3.05, 3.63) is 33.4 Å². The Morgan fingerprint density at radius 2 is 2.17 bits per heavy atom. The maximum absolute atomic E-state index is 10.8. The van der Waals surface area contributed by atoms with Gasteiger partial charge in [-0.15, -0.1) is 0 Å². The highest BCUT2D eigenvalue weighted by molar-refractivity contribution is 5.69. The van der Waals surface area contributed by atoms with Gasteiger partial charge in [-0.05, 0) is 25.1 Å². The molecule has 0 aliphatic carbocycles. The summed E-state index contributed by atoms with van der Waals surface area (Å²) >= 11 is 0. The first kappa shape index (κ1) is 13.9. The third-order valence-corrected chi connectivity index (χ3v) is 2.60. The van der Waals surface area contributed by atoms with Gasteiger partial charge in [-0.2, -0.15) is 0 Å². The van der Waals surface area contributed by atoms with E-state index in [-0.39, 0.29) is 24.5 Å². The number of carboxylic acids is 1. The number of nitrogens with two attached hydrogens (primary N) is 1. The van der Waals surface area contributed by atoms with E-state index in [1.165, 1.54) is 11.0 Å². The number of benzene rings is 1. The van der Waals surface area contributed by atoms with E-state index in [9.17, 15) is 14.9 Å². The van der Waals surface area contributed by atoms with Gasteiger partial charge in [0, 0.05) is 12.6 Å². The van der Waals surface area contributed by atoms with Crippen molar-refractivity contribution in [3.63, 3.8) is 0 Å². The van der Waals surface area contributed by atoms with E-state index in [0.717, 1.165) is 5.56 Å². The molecular weight excluding hydrogens is 238 g/mol. The van der Waals surface area contributed by atoms with E-state index in [1.54, 1.807) is 20.0 Å². The van der Waals surface area contributed by atoms with Crippen LogP contribution in [0.4, 0.5) is 11.4 Å². The van der Waals surface area contributed by atoms with Gasteiger partial charge in [0.05, 0.1) is 11.5 Å². The summed E-state index contributed by atoms with van der Waals surface area (Å²) in [5, 5.41) is 19.4. The molecule has 1 aromatic rings. The van der Waals surface area contributed by atoms with Crippen LogP contribution in [0, 0.1) is 17.0 Å². The van der Waals surface area contributed by atoms with E-state index in [1.807, 2.05) is 0 Å². The number of aryl methyl sites for hydroxylation is 1. The van der Waals surface area contributed by atoms with Crippen LogP contribution in [0.5, 0.6) is 0 Å². The van der Waals surface area contributed by atoms with Crippen molar-refractivity contribution < 1.29 is 14.8 Å². The summed E-state index contributed by atoms with van der Waals surface area (Å²) in [6.45, 7) is 1.89. The Bertz CT molecular complexity index is 487. The van der Waals surface area contributed by atoms with E-state index in [2.05, 4.69) is 0 Å². The van der Waals surface area contributed by atoms with E-state index < -0.39 is 10.9 Å². The van der Waals surface area contributed by atoms with E-state index in [0.29, 0.717) is 5.56 Å². The number of anilines is 1. The molecule has 7 nitrogen and oxygen atoms in total. The van der Waals surface area contributed by atoms with Crippen LogP contribution < -0.4 is 5.73 Å². The van der Waals surface area contributed by atoms with Gasteiger partial charge in [-0.3, -0.25) is 19.8 Å². The molecule has 0 saturated carbocycles. The number of nitrogen functional groups attached to an aromatic ring is 1. The van der Waals surface area contributed by atoms with Crippen molar-refractivity contribution >= 4 is 17.3 Å². The van der Waals surface area contributed by atoms with Gasteiger partial charge < -0.3 is 10.8 Å². The van der Waals surface area contributed by atoms with E-state index >= 15 is 0 Å². The lowest BCUT2D eigenvalue weighted by atomic mass is 10.0. The monoisotopic (exact) mass is 253 g/mol. The highest BCUT2D eigenvalue weighted by Crippen LogP contribution is 2.28. The zero-order valence-electron chi connectivity index (χ0n) is 10.2. The third-order valence-electron chi connectivity index (χ3n) is 2.60. The van der Waals surface area contributed by atoms with Crippen LogP contribution in [0.1, 0.15) is 11.1 Å². The fourth-order valence-corrected chi connectivity index (χ4v) is 1.69. The van der Waals surface area contributed by atoms with Crippen LogP contribution in [0.25, 0.3) is 0 Å². The molecule has 0 radical (unpaired) electrons. The average Bonchev–Trinajstić information content (AvgIpc) is 2.22. The summed E-state index contributed by atoms with van der Waals surface area (Å²) in [5.74, 6) is -0.959. The van der Waals surface area contributed by atoms with Gasteiger partial charge in [0.2, 0.25) is 0 Å². The van der Waals surface area contributed by atoms with Crippen LogP contribution in [-0.4, -0.2) is 34.5 Å². The second-order valence-corrected chi connectivity index (χ2v) is 4.12. The Morgan fingerprint density at radius 1 is 1.56 bits per heavy atom. The summed E-state index contributed by atoms with van der Waals surface area (Å²) in [4.78, 5) is 22.3. The highest BCUT2D eigenvalue weighted by atomic mass is 16.6. The molecule has 0 spiro atoms. The minimum Gasteiger partial charge on any atom is -0.480 e. The number of carbonyl (C=O) groups is 1. The average molecular weight is 253 g/mol. The number of carboxylic acid groups (broad SMARTS) is 1. The van der Waals surface area contributed by atoms with Crippen LogP contribution in [0.2, 0.25) is 0 Å². The number of hydrogen-bond donors (Lipinski definition) is 2. The molecule has 1 rings (SSSR count). The minimum absolute atomic E-state index is 0.0947. The molecule has 0 heterocycles. The zero-order valence-corrected chi connectivity index (χ0v) is 10.2. The Hall–Kier alpha value is -2.15. The van der Waals surface area contributed by atoms with Crippen LogP contribution >= 0.6 is 0 Å². The minimum atomic E-state index is -0.959. The number of nitro benzene ring substituents is 1. The maximum Gasteiger partial charge on any atom is 0.317 e. The fourth-order valence-electron chi connectivity index (χ4n) is 1.69. The molecule has 18 heavy (non-hydrogen) atoms. The molecule has 0 aliphatic heterocycles. The van der Waals surface area contributed by atoms with Gasteiger partial charge >= 0.3 is 5.97 Å². The number of rotatable bonds is 5. The van der Waals surface area contributed by atoms with E-state index in [4.69, 9.17) is 10.8 Å². The fraction of sp³-hybridized carbons (Fsp3) is 0.364. The summed E-state index contributed by atoms with van der Waals surface area (Å²) in [5.41, 5.74) is 7.08. The lowest BCUT2D eigenvalue weighted by Gasteiger charge is -2.17. The van der Waals surface area contributed by atoms with Crippen molar-refractivity contribution in [2.75, 3.05) is 19.3 Å². The number of nitrogens with zero attached hydrogens (tertiary/aromatic N) is 2. The molecule has 98 valence electrons. The number of nitro groups is 1. The van der Waals surface area contributed by atoms with Gasteiger partial charge in [-0.1, -0.05) is 6.07 Å². The van der Waals surface area contributed by atoms with Gasteiger partial charge in [0.1, 0.15) is 5.69 Å². The Morgan fingerprint density at radius 3 is 2.67 bits per heavy atom. The third kappa shape index (κ3) is 3.17. The standard InChI is InChI=1S/C11H15N3O4/c1-7-3-4-9(14(17)18)11(12)8(7)5-13(2)6-10(15)16/h3-4H,5-6,12H2,1-2H3,(H,15,16). The molecule has 1 aromatic carbocycles. The largest absolute Gasteiger partial charge is 0.480 e. The van der Waals surface area contributed by atoms with Crippen LogP contribution in [0.3, 0.4) is 0 Å². The molecule has 0 amide bonds. The topological polar surface area (TPSA) is 110 Å². The normalized spacial score (nSPS) is 10.6. The van der Waals surface area contributed by atoms with Gasteiger partial charge in [0.15, 0.2) is 0 Å². The lowest BCUT2D eigenvalue weighted by Crippen LogP contribution is -2.26. The van der Waals surface area contributed by atoms with Crippen LogP contribution in [-0.2, 0) is 11.3 Å². The summed E-state index contributed by atoms with van der Waals surface area (Å²) in [7, 11) is 1.62. The Labute approximate surface area is 104 Å². The summed E-state index contributed by atoms with van der Waals surface area (Å²) in [6.07, 6.45) is 0. The van der Waals surface area contributed by atoms with Crippen molar-refractivity contribution in [3.8, 4) is 0 Å². The quantitative estimate of drug-likeness (QED) is 0.460. The predicted molar refractivity (Wildman–Crippen MR) is 66.2 cm³/mol. The number of aliphatic carboxylic acids is 1. The van der Waals surface area contributed by atoms with Gasteiger partial charge in [-0.25, -0.2) is 0 Å². The van der Waals surface area contributed by atoms with Crippen molar-refractivity contribution in [2.45, 2.75) is 13.5 Å². The lowest BCUT2D eigenvalue weighted by molar-refractivity contribution is -0.384. The Kier molecular flexibility index (Phi) is 4.22. The smallest absolute Gasteiger partial charge is 0.317 e. The molecule has 0 saturated heterocycles. The molecule has 0 fully saturated rings. The molecule has 0 atom stereocenters. The first-order chi connectivity index (χ1) is 8.32. The molecule has 0 unspecified atom stereocenters. The SMILES string of the molecule is Cc1ccc([N+](=O)[O-])c(N)c1CN(C)CC(=O)O. The van der Waals surface area contributed by atoms with Gasteiger partial charge in [0.25, 0.3) is 5.69 Å². The maximum atomic E-state index is 10.8. The summed E-state index contributed by atoms with van der Waals surface area (Å²) in [6, 6.07) is 2.96. The van der Waals surface area contributed by atoms with Crippen molar-refractivity contribution in [1.29, 1.82) is 0 Å². The predicted octanol–water partition coefficient (Wildman–Crippen LogP) is 1.00. The van der Waals surface area contributed by atoms with Crippen molar-refractivity contribution in [1.82, 2.24) is 4.90 Å². The van der Waals surface area contributed by atoms with Crippen LogP contribution in [0.15, 0.2) is 12.1 Å². The molecule has 3 N–H and O–H groups in total. The van der Waals surface area contributed by atoms with Crippen molar-refractivity contribution in [2.24, 2.45) is 0 Å². The second-order valence-electron chi connectivity index (χ2n) is 4.12. The second kappa shape index (κ2) is 5.46. The first-order valence-corrected chi connectivity index (χ1v) is 5.25.